The quantitative estimate of drug-likeness (QED) is 0.874. The zero-order chi connectivity index (χ0) is 12.3. The highest BCUT2D eigenvalue weighted by molar-refractivity contribution is 5.54. The third kappa shape index (κ3) is 2.58. The molecule has 2 rings (SSSR count). The van der Waals surface area contributed by atoms with Gasteiger partial charge in [-0.3, -0.25) is 0 Å². The van der Waals surface area contributed by atoms with Gasteiger partial charge in [0.2, 0.25) is 0 Å². The summed E-state index contributed by atoms with van der Waals surface area (Å²) >= 11 is 0. The van der Waals surface area contributed by atoms with Crippen molar-refractivity contribution < 1.29 is 9.13 Å². The largest absolute Gasteiger partial charge is 0.381 e. The third-order valence-electron chi connectivity index (χ3n) is 3.42. The lowest BCUT2D eigenvalue weighted by Gasteiger charge is -2.34. The third-order valence-corrected chi connectivity index (χ3v) is 3.42. The number of nitrogens with zero attached hydrogens (tertiary/aromatic N) is 1. The molecule has 0 radical (unpaired) electrons. The molecule has 0 unspecified atom stereocenters. The summed E-state index contributed by atoms with van der Waals surface area (Å²) in [7, 11) is 2.00. The number of halogens is 1. The second-order valence-corrected chi connectivity index (χ2v) is 4.40. The van der Waals surface area contributed by atoms with Crippen LogP contribution in [0, 0.1) is 5.82 Å². The summed E-state index contributed by atoms with van der Waals surface area (Å²) in [5.41, 5.74) is 7.13. The van der Waals surface area contributed by atoms with Gasteiger partial charge in [-0.2, -0.15) is 0 Å². The van der Waals surface area contributed by atoms with Gasteiger partial charge in [0.05, 0.1) is 0 Å². The van der Waals surface area contributed by atoms with Crippen LogP contribution in [0.25, 0.3) is 0 Å². The number of rotatable bonds is 3. The molecule has 1 fully saturated rings. The Kier molecular flexibility index (Phi) is 3.97. The summed E-state index contributed by atoms with van der Waals surface area (Å²) in [5, 5.41) is 0. The van der Waals surface area contributed by atoms with E-state index in [-0.39, 0.29) is 12.4 Å². The fraction of sp³-hybridized carbons (Fsp3) is 0.538. The van der Waals surface area contributed by atoms with Crippen molar-refractivity contribution in [2.75, 3.05) is 25.2 Å². The van der Waals surface area contributed by atoms with Crippen LogP contribution in [0.4, 0.5) is 10.1 Å². The lowest BCUT2D eigenvalue weighted by molar-refractivity contribution is 0.0854. The van der Waals surface area contributed by atoms with E-state index in [2.05, 4.69) is 4.90 Å². The first kappa shape index (κ1) is 12.3. The van der Waals surface area contributed by atoms with Crippen LogP contribution in [0.5, 0.6) is 0 Å². The number of hydrogen-bond donors (Lipinski definition) is 1. The standard InChI is InChI=1S/C13H19FN2O/c1-16(10-5-7-17-8-6-10)13-4-2-3-12(14)11(13)9-15/h2-4,10H,5-9,15H2,1H3. The molecule has 0 aromatic heterocycles. The minimum absolute atomic E-state index is 0.219. The molecule has 0 saturated carbocycles. The first-order chi connectivity index (χ1) is 8.24. The van der Waals surface area contributed by atoms with E-state index in [1.54, 1.807) is 6.07 Å². The van der Waals surface area contributed by atoms with Crippen LogP contribution in [0.2, 0.25) is 0 Å². The molecular formula is C13H19FN2O. The molecular weight excluding hydrogens is 219 g/mol. The SMILES string of the molecule is CN(c1cccc(F)c1CN)C1CCOCC1. The predicted molar refractivity (Wildman–Crippen MR) is 66.5 cm³/mol. The van der Waals surface area contributed by atoms with Gasteiger partial charge in [-0.1, -0.05) is 6.07 Å². The van der Waals surface area contributed by atoms with E-state index in [0.29, 0.717) is 11.6 Å². The topological polar surface area (TPSA) is 38.5 Å². The van der Waals surface area contributed by atoms with Crippen molar-refractivity contribution in [2.45, 2.75) is 25.4 Å². The normalized spacial score (nSPS) is 17.1. The van der Waals surface area contributed by atoms with Crippen LogP contribution >= 0.6 is 0 Å². The number of benzene rings is 1. The van der Waals surface area contributed by atoms with Gasteiger partial charge in [-0.15, -0.1) is 0 Å². The number of ether oxygens (including phenoxy) is 1. The summed E-state index contributed by atoms with van der Waals surface area (Å²) in [5.74, 6) is -0.219. The molecule has 1 saturated heterocycles. The average molecular weight is 238 g/mol. The molecule has 0 bridgehead atoms. The zero-order valence-corrected chi connectivity index (χ0v) is 10.2. The van der Waals surface area contributed by atoms with Crippen molar-refractivity contribution in [1.82, 2.24) is 0 Å². The molecule has 0 atom stereocenters. The maximum Gasteiger partial charge on any atom is 0.129 e. The van der Waals surface area contributed by atoms with Gasteiger partial charge in [0.1, 0.15) is 5.82 Å². The molecule has 94 valence electrons. The van der Waals surface area contributed by atoms with Gasteiger partial charge < -0.3 is 15.4 Å². The van der Waals surface area contributed by atoms with Crippen molar-refractivity contribution in [3.05, 3.63) is 29.6 Å². The van der Waals surface area contributed by atoms with Crippen molar-refractivity contribution in [1.29, 1.82) is 0 Å². The molecule has 1 aliphatic rings. The Morgan fingerprint density at radius 1 is 1.41 bits per heavy atom. The van der Waals surface area contributed by atoms with Crippen molar-refractivity contribution in [3.63, 3.8) is 0 Å². The summed E-state index contributed by atoms with van der Waals surface area (Å²) in [6, 6.07) is 5.54. The highest BCUT2D eigenvalue weighted by Crippen LogP contribution is 2.26. The summed E-state index contributed by atoms with van der Waals surface area (Å²) in [4.78, 5) is 2.13. The summed E-state index contributed by atoms with van der Waals surface area (Å²) < 4.78 is 19.0. The van der Waals surface area contributed by atoms with Crippen LogP contribution in [0.3, 0.4) is 0 Å². The molecule has 3 nitrogen and oxygen atoms in total. The van der Waals surface area contributed by atoms with Crippen LogP contribution in [-0.2, 0) is 11.3 Å². The highest BCUT2D eigenvalue weighted by Gasteiger charge is 2.21. The molecule has 0 spiro atoms. The van der Waals surface area contributed by atoms with Crippen molar-refractivity contribution in [2.24, 2.45) is 5.73 Å². The van der Waals surface area contributed by atoms with Crippen molar-refractivity contribution >= 4 is 5.69 Å². The minimum Gasteiger partial charge on any atom is -0.381 e. The molecule has 17 heavy (non-hydrogen) atoms. The molecule has 0 aliphatic carbocycles. The Morgan fingerprint density at radius 3 is 2.76 bits per heavy atom. The Bertz CT molecular complexity index is 378. The monoisotopic (exact) mass is 238 g/mol. The zero-order valence-electron chi connectivity index (χ0n) is 10.2. The Balaban J connectivity index is 2.23. The molecule has 4 heteroatoms. The number of nitrogens with two attached hydrogens (primary N) is 1. The Hall–Kier alpha value is -1.13. The molecule has 1 aromatic rings. The lowest BCUT2D eigenvalue weighted by Crippen LogP contribution is -2.37. The van der Waals surface area contributed by atoms with Crippen LogP contribution < -0.4 is 10.6 Å². The van der Waals surface area contributed by atoms with E-state index in [1.807, 2.05) is 13.1 Å². The maximum absolute atomic E-state index is 13.6. The van der Waals surface area contributed by atoms with E-state index < -0.39 is 0 Å². The smallest absolute Gasteiger partial charge is 0.129 e. The molecule has 1 heterocycles. The molecule has 2 N–H and O–H groups in total. The fourth-order valence-corrected chi connectivity index (χ4v) is 2.35. The summed E-state index contributed by atoms with van der Waals surface area (Å²) in [6.07, 6.45) is 1.97. The van der Waals surface area contributed by atoms with Crippen molar-refractivity contribution in [3.8, 4) is 0 Å². The predicted octanol–water partition coefficient (Wildman–Crippen LogP) is 1.90. The van der Waals surface area contributed by atoms with Gasteiger partial charge in [0.15, 0.2) is 0 Å². The Morgan fingerprint density at radius 2 is 2.12 bits per heavy atom. The molecule has 0 amide bonds. The van der Waals surface area contributed by atoms with E-state index >= 15 is 0 Å². The van der Waals surface area contributed by atoms with E-state index in [1.165, 1.54) is 6.07 Å². The van der Waals surface area contributed by atoms with Crippen LogP contribution in [-0.4, -0.2) is 26.3 Å². The lowest BCUT2D eigenvalue weighted by atomic mass is 10.0. The van der Waals surface area contributed by atoms with Crippen LogP contribution in [0.15, 0.2) is 18.2 Å². The number of hydrogen-bond acceptors (Lipinski definition) is 3. The van der Waals surface area contributed by atoms with E-state index in [4.69, 9.17) is 10.5 Å². The first-order valence-corrected chi connectivity index (χ1v) is 6.02. The second-order valence-electron chi connectivity index (χ2n) is 4.40. The number of anilines is 1. The van der Waals surface area contributed by atoms with Crippen LogP contribution in [0.1, 0.15) is 18.4 Å². The molecule has 1 aromatic carbocycles. The van der Waals surface area contributed by atoms with Gasteiger partial charge in [-0.25, -0.2) is 4.39 Å². The first-order valence-electron chi connectivity index (χ1n) is 6.02. The maximum atomic E-state index is 13.6. The van der Waals surface area contributed by atoms with E-state index in [0.717, 1.165) is 31.7 Å². The average Bonchev–Trinajstić information content (AvgIpc) is 2.38. The Labute approximate surface area is 101 Å². The van der Waals surface area contributed by atoms with Gasteiger partial charge in [0, 0.05) is 44.1 Å². The van der Waals surface area contributed by atoms with E-state index in [9.17, 15) is 4.39 Å². The molecule has 1 aliphatic heterocycles. The second kappa shape index (κ2) is 5.47. The highest BCUT2D eigenvalue weighted by atomic mass is 19.1. The van der Waals surface area contributed by atoms with Gasteiger partial charge in [-0.05, 0) is 25.0 Å². The van der Waals surface area contributed by atoms with Gasteiger partial charge >= 0.3 is 0 Å². The minimum atomic E-state index is -0.219. The van der Waals surface area contributed by atoms with Gasteiger partial charge in [0.25, 0.3) is 0 Å². The summed E-state index contributed by atoms with van der Waals surface area (Å²) in [6.45, 7) is 1.79. The fourth-order valence-electron chi connectivity index (χ4n) is 2.35.